The number of thioether (sulfide) groups is 1. The van der Waals surface area contributed by atoms with Crippen LogP contribution in [-0.2, 0) is 6.42 Å². The van der Waals surface area contributed by atoms with E-state index in [0.29, 0.717) is 23.1 Å². The van der Waals surface area contributed by atoms with Gasteiger partial charge in [0.05, 0.1) is 16.9 Å². The number of benzene rings is 1. The number of hydrogen-bond donors (Lipinski definition) is 4. The van der Waals surface area contributed by atoms with E-state index in [1.165, 1.54) is 0 Å². The van der Waals surface area contributed by atoms with Gasteiger partial charge in [-0.05, 0) is 54.9 Å². The van der Waals surface area contributed by atoms with Crippen LogP contribution in [0.25, 0.3) is 11.3 Å². The number of urea groups is 1. The molecule has 3 aromatic rings. The Kier molecular flexibility index (Phi) is 7.13. The molecule has 0 bridgehead atoms. The van der Waals surface area contributed by atoms with Gasteiger partial charge in [-0.3, -0.25) is 10.1 Å². The summed E-state index contributed by atoms with van der Waals surface area (Å²) in [5.74, 6) is 0.743. The Bertz CT molecular complexity index is 1280. The molecule has 186 valence electrons. The monoisotopic (exact) mass is 501 g/mol. The molecular weight excluding hydrogens is 470 g/mol. The highest BCUT2D eigenvalue weighted by Crippen LogP contribution is 2.40. The number of H-pyrrole nitrogens is 1. The molecule has 1 atom stereocenters. The second-order valence-corrected chi connectivity index (χ2v) is 11.1. The molecule has 2 amide bonds. The normalized spacial score (nSPS) is 17.3. The Morgan fingerprint density at radius 3 is 2.72 bits per heavy atom. The number of anilines is 3. The molecule has 0 aliphatic heterocycles. The lowest BCUT2D eigenvalue weighted by molar-refractivity contribution is 0.0959. The van der Waals surface area contributed by atoms with Crippen LogP contribution in [-0.4, -0.2) is 33.1 Å². The average Bonchev–Trinajstić information content (AvgIpc) is 3.58. The van der Waals surface area contributed by atoms with Gasteiger partial charge < -0.3 is 15.6 Å². The van der Waals surface area contributed by atoms with Gasteiger partial charge in [-0.25, -0.2) is 9.78 Å². The van der Waals surface area contributed by atoms with Gasteiger partial charge in [-0.1, -0.05) is 38.1 Å². The lowest BCUT2D eigenvalue weighted by Crippen LogP contribution is -2.30. The van der Waals surface area contributed by atoms with Gasteiger partial charge in [0.25, 0.3) is 0 Å². The Balaban J connectivity index is 1.48. The second kappa shape index (κ2) is 10.6. The van der Waals surface area contributed by atoms with E-state index in [0.717, 1.165) is 47.6 Å². The number of Topliss-reactive ketones (excluding diaryl/α,β-unsaturated/α-hetero) is 1. The number of amides is 2. The molecule has 1 fully saturated rings. The molecule has 0 radical (unpaired) electrons. The first-order chi connectivity index (χ1) is 17.5. The lowest BCUT2D eigenvalue weighted by atomic mass is 9.86. The van der Waals surface area contributed by atoms with Gasteiger partial charge in [0.15, 0.2) is 5.78 Å². The van der Waals surface area contributed by atoms with Gasteiger partial charge in [0.1, 0.15) is 5.82 Å². The molecule has 36 heavy (non-hydrogen) atoms. The van der Waals surface area contributed by atoms with Crippen LogP contribution in [0, 0.1) is 5.92 Å². The number of nitrogens with zero attached hydrogens (tertiary/aromatic N) is 1. The van der Waals surface area contributed by atoms with Gasteiger partial charge >= 0.3 is 6.03 Å². The fourth-order valence-electron chi connectivity index (χ4n) is 4.36. The molecule has 1 aromatic carbocycles. The summed E-state index contributed by atoms with van der Waals surface area (Å²) in [6, 6.07) is 13.6. The number of hydrogen-bond acceptors (Lipinski definition) is 5. The largest absolute Gasteiger partial charge is 0.356 e. The van der Waals surface area contributed by atoms with Crippen molar-refractivity contribution in [3.8, 4) is 11.3 Å². The molecule has 1 unspecified atom stereocenters. The van der Waals surface area contributed by atoms with Crippen LogP contribution < -0.4 is 16.0 Å². The predicted molar refractivity (Wildman–Crippen MR) is 147 cm³/mol. The van der Waals surface area contributed by atoms with Gasteiger partial charge in [-0.15, -0.1) is 11.8 Å². The number of aromatic amines is 1. The van der Waals surface area contributed by atoms with E-state index in [1.54, 1.807) is 18.0 Å². The number of aromatic nitrogens is 2. The van der Waals surface area contributed by atoms with Crippen LogP contribution in [0.2, 0.25) is 0 Å². The number of fused-ring (bicyclic) bond motifs is 1. The maximum atomic E-state index is 13.4. The van der Waals surface area contributed by atoms with E-state index in [1.807, 2.05) is 42.5 Å². The molecule has 2 aliphatic carbocycles. The molecule has 0 saturated heterocycles. The Morgan fingerprint density at radius 2 is 1.97 bits per heavy atom. The van der Waals surface area contributed by atoms with Crippen molar-refractivity contribution in [2.75, 3.05) is 10.6 Å². The van der Waals surface area contributed by atoms with Crippen molar-refractivity contribution in [1.29, 1.82) is 0 Å². The number of pyridine rings is 1. The second-order valence-electron chi connectivity index (χ2n) is 9.63. The number of nitrogens with one attached hydrogen (secondary N) is 4. The van der Waals surface area contributed by atoms with E-state index >= 15 is 0 Å². The zero-order chi connectivity index (χ0) is 25.1. The molecule has 7 nitrogen and oxygen atoms in total. The summed E-state index contributed by atoms with van der Waals surface area (Å²) in [6.07, 6.45) is 7.11. The van der Waals surface area contributed by atoms with Crippen LogP contribution in [0.5, 0.6) is 0 Å². The first kappa shape index (κ1) is 24.2. The fraction of sp³-hybridized carbons (Fsp3) is 0.321. The van der Waals surface area contributed by atoms with Gasteiger partial charge in [-0.2, -0.15) is 0 Å². The number of allylic oxidation sites excluding steroid dienone is 1. The van der Waals surface area contributed by atoms with Crippen LogP contribution in [0.3, 0.4) is 0 Å². The predicted octanol–water partition coefficient (Wildman–Crippen LogP) is 6.50. The van der Waals surface area contributed by atoms with Gasteiger partial charge in [0, 0.05) is 40.9 Å². The number of rotatable bonds is 8. The van der Waals surface area contributed by atoms with Crippen molar-refractivity contribution >= 4 is 40.8 Å². The molecule has 2 heterocycles. The third-order valence-electron chi connectivity index (χ3n) is 6.22. The smallest absolute Gasteiger partial charge is 0.320 e. The molecule has 2 aromatic heterocycles. The maximum Gasteiger partial charge on any atom is 0.320 e. The third kappa shape index (κ3) is 5.82. The Labute approximate surface area is 215 Å². The quantitative estimate of drug-likeness (QED) is 0.282. The molecule has 8 heteroatoms. The standard InChI is InChI=1S/C28H31N5O2S/c1-17(2)36-13-11-18-14-22-25(23(34)15-18)27(30-20-6-4-3-5-7-20)26(32-22)19-10-12-29-24(16-19)33-28(35)31-21-8-9-21/h3-7,10-13,16-18,21,30,32H,8-9,14-15H2,1-2H3,(H2,29,31,33,35). The van der Waals surface area contributed by atoms with E-state index in [9.17, 15) is 9.59 Å². The Morgan fingerprint density at radius 1 is 1.17 bits per heavy atom. The SMILES string of the molecule is CC(C)SC=CC1CC(=O)c2c([nH]c(-c3ccnc(NC(=O)NC4CC4)c3)c2Nc2ccccc2)C1. The first-order valence-electron chi connectivity index (χ1n) is 12.4. The number of carbonyl (C=O) groups is 2. The summed E-state index contributed by atoms with van der Waals surface area (Å²) in [5, 5.41) is 11.9. The minimum absolute atomic E-state index is 0.123. The zero-order valence-corrected chi connectivity index (χ0v) is 21.3. The number of ketones is 1. The number of para-hydroxylation sites is 1. The summed E-state index contributed by atoms with van der Waals surface area (Å²) in [5.41, 5.74) is 4.97. The van der Waals surface area contributed by atoms with Crippen LogP contribution in [0.15, 0.2) is 60.1 Å². The van der Waals surface area contributed by atoms with E-state index in [2.05, 4.69) is 51.2 Å². The summed E-state index contributed by atoms with van der Waals surface area (Å²) >= 11 is 1.77. The lowest BCUT2D eigenvalue weighted by Gasteiger charge is -2.19. The van der Waals surface area contributed by atoms with Crippen molar-refractivity contribution in [3.63, 3.8) is 0 Å². The summed E-state index contributed by atoms with van der Waals surface area (Å²) in [6.45, 7) is 4.32. The van der Waals surface area contributed by atoms with Crippen molar-refractivity contribution < 1.29 is 9.59 Å². The minimum atomic E-state index is -0.250. The third-order valence-corrected chi connectivity index (χ3v) is 7.08. The van der Waals surface area contributed by atoms with E-state index < -0.39 is 0 Å². The highest BCUT2D eigenvalue weighted by molar-refractivity contribution is 8.02. The van der Waals surface area contributed by atoms with Crippen molar-refractivity contribution in [2.45, 2.75) is 50.8 Å². The molecule has 2 aliphatic rings. The molecule has 1 saturated carbocycles. The Hall–Kier alpha value is -3.52. The van der Waals surface area contributed by atoms with Crippen molar-refractivity contribution in [1.82, 2.24) is 15.3 Å². The van der Waals surface area contributed by atoms with Crippen molar-refractivity contribution in [3.05, 3.63) is 71.4 Å². The summed E-state index contributed by atoms with van der Waals surface area (Å²) < 4.78 is 0. The van der Waals surface area contributed by atoms with Crippen LogP contribution in [0.1, 0.15) is 49.2 Å². The molecule has 5 rings (SSSR count). The van der Waals surface area contributed by atoms with Crippen LogP contribution >= 0.6 is 11.8 Å². The zero-order valence-electron chi connectivity index (χ0n) is 20.5. The number of carbonyl (C=O) groups excluding carboxylic acids is 2. The minimum Gasteiger partial charge on any atom is -0.356 e. The average molecular weight is 502 g/mol. The topological polar surface area (TPSA) is 98.9 Å². The summed E-state index contributed by atoms with van der Waals surface area (Å²) in [7, 11) is 0. The van der Waals surface area contributed by atoms with Crippen LogP contribution in [0.4, 0.5) is 22.0 Å². The van der Waals surface area contributed by atoms with E-state index in [4.69, 9.17) is 0 Å². The van der Waals surface area contributed by atoms with Gasteiger partial charge in [0.2, 0.25) is 0 Å². The fourth-order valence-corrected chi connectivity index (χ4v) is 4.99. The maximum absolute atomic E-state index is 13.4. The highest BCUT2D eigenvalue weighted by Gasteiger charge is 2.31. The summed E-state index contributed by atoms with van der Waals surface area (Å²) in [4.78, 5) is 33.5. The van der Waals surface area contributed by atoms with E-state index in [-0.39, 0.29) is 23.8 Å². The highest BCUT2D eigenvalue weighted by atomic mass is 32.2. The molecule has 4 N–H and O–H groups in total. The van der Waals surface area contributed by atoms with Crippen molar-refractivity contribution in [2.24, 2.45) is 5.92 Å². The molecule has 0 spiro atoms. The first-order valence-corrected chi connectivity index (χ1v) is 13.4. The molecular formula is C28H31N5O2S.